The highest BCUT2D eigenvalue weighted by Crippen LogP contribution is 2.01. The first-order valence-electron chi connectivity index (χ1n) is 4.91. The van der Waals surface area contributed by atoms with Crippen LogP contribution in [0.1, 0.15) is 20.8 Å². The first kappa shape index (κ1) is 11.7. The summed E-state index contributed by atoms with van der Waals surface area (Å²) in [7, 11) is 0. The number of hydrogen-bond donors (Lipinski definition) is 1. The molecule has 15 heavy (non-hydrogen) atoms. The van der Waals surface area contributed by atoms with E-state index in [0.29, 0.717) is 6.54 Å². The molecule has 0 radical (unpaired) electrons. The molecule has 0 unspecified atom stereocenters. The van der Waals surface area contributed by atoms with Crippen LogP contribution in [-0.4, -0.2) is 21.7 Å². The highest BCUT2D eigenvalue weighted by Gasteiger charge is 2.13. The van der Waals surface area contributed by atoms with Gasteiger partial charge in [-0.05, 0) is 20.8 Å². The van der Waals surface area contributed by atoms with Crippen molar-refractivity contribution in [3.63, 3.8) is 0 Å². The lowest BCUT2D eigenvalue weighted by atomic mass is 10.1. The molecule has 5 heteroatoms. The number of aromatic nitrogens is 2. The topological polar surface area (TPSA) is 70.1 Å². The van der Waals surface area contributed by atoms with E-state index in [-0.39, 0.29) is 18.0 Å². The van der Waals surface area contributed by atoms with Gasteiger partial charge in [-0.15, -0.1) is 0 Å². The Morgan fingerprint density at radius 1 is 1.60 bits per heavy atom. The van der Waals surface area contributed by atoms with Crippen LogP contribution in [0.4, 0.5) is 0 Å². The quantitative estimate of drug-likeness (QED) is 0.781. The van der Waals surface area contributed by atoms with Gasteiger partial charge in [0.15, 0.2) is 0 Å². The van der Waals surface area contributed by atoms with Crippen molar-refractivity contribution in [2.24, 2.45) is 5.73 Å². The van der Waals surface area contributed by atoms with Gasteiger partial charge in [0.1, 0.15) is 6.61 Å². The van der Waals surface area contributed by atoms with Crippen molar-refractivity contribution in [3.8, 4) is 5.88 Å². The van der Waals surface area contributed by atoms with E-state index in [1.807, 2.05) is 20.8 Å². The molecule has 1 rings (SSSR count). The molecular formula is C10H17N3O2. The average molecular weight is 211 g/mol. The summed E-state index contributed by atoms with van der Waals surface area (Å²) in [5.74, 6) is 0.109. The zero-order valence-electron chi connectivity index (χ0n) is 9.36. The van der Waals surface area contributed by atoms with Crippen molar-refractivity contribution in [1.82, 2.24) is 9.55 Å². The standard InChI is InChI=1S/C10H17N3O2/c1-4-13-6-5-12-8(9(13)14)15-7-10(2,3)11/h5-6H,4,7,11H2,1-3H3. The van der Waals surface area contributed by atoms with Crippen LogP contribution in [-0.2, 0) is 6.54 Å². The maximum atomic E-state index is 11.7. The van der Waals surface area contributed by atoms with E-state index in [0.717, 1.165) is 0 Å². The lowest BCUT2D eigenvalue weighted by Gasteiger charge is -2.18. The molecule has 1 aromatic heterocycles. The molecule has 84 valence electrons. The van der Waals surface area contributed by atoms with Gasteiger partial charge in [-0.25, -0.2) is 4.98 Å². The zero-order valence-corrected chi connectivity index (χ0v) is 9.36. The van der Waals surface area contributed by atoms with E-state index in [9.17, 15) is 4.79 Å². The number of aryl methyl sites for hydroxylation is 1. The number of rotatable bonds is 4. The summed E-state index contributed by atoms with van der Waals surface area (Å²) in [6.07, 6.45) is 3.17. The van der Waals surface area contributed by atoms with Crippen LogP contribution in [0.2, 0.25) is 0 Å². The second-order valence-corrected chi connectivity index (χ2v) is 4.10. The molecule has 5 nitrogen and oxygen atoms in total. The third kappa shape index (κ3) is 3.36. The first-order chi connectivity index (χ1) is 6.94. The van der Waals surface area contributed by atoms with Gasteiger partial charge < -0.3 is 15.0 Å². The van der Waals surface area contributed by atoms with Gasteiger partial charge in [0, 0.05) is 24.5 Å². The molecule has 1 heterocycles. The monoisotopic (exact) mass is 211 g/mol. The van der Waals surface area contributed by atoms with Gasteiger partial charge in [0.05, 0.1) is 0 Å². The van der Waals surface area contributed by atoms with Crippen LogP contribution < -0.4 is 16.0 Å². The minimum absolute atomic E-state index is 0.109. The maximum Gasteiger partial charge on any atom is 0.313 e. The largest absolute Gasteiger partial charge is 0.472 e. The van der Waals surface area contributed by atoms with Crippen molar-refractivity contribution < 1.29 is 4.74 Å². The lowest BCUT2D eigenvalue weighted by Crippen LogP contribution is -2.39. The van der Waals surface area contributed by atoms with Gasteiger partial charge in [-0.1, -0.05) is 0 Å². The minimum Gasteiger partial charge on any atom is -0.472 e. The molecule has 0 spiro atoms. The summed E-state index contributed by atoms with van der Waals surface area (Å²) in [4.78, 5) is 15.5. The Labute approximate surface area is 88.9 Å². The number of nitrogens with two attached hydrogens (primary N) is 1. The van der Waals surface area contributed by atoms with E-state index in [1.165, 1.54) is 4.57 Å². The third-order valence-electron chi connectivity index (χ3n) is 1.80. The summed E-state index contributed by atoms with van der Waals surface area (Å²) < 4.78 is 6.81. The summed E-state index contributed by atoms with van der Waals surface area (Å²) in [6, 6.07) is 0. The fourth-order valence-electron chi connectivity index (χ4n) is 1.03. The van der Waals surface area contributed by atoms with Gasteiger partial charge >= 0.3 is 5.56 Å². The van der Waals surface area contributed by atoms with Crippen LogP contribution in [0.15, 0.2) is 17.2 Å². The van der Waals surface area contributed by atoms with Crippen LogP contribution in [0.3, 0.4) is 0 Å². The predicted molar refractivity (Wildman–Crippen MR) is 57.9 cm³/mol. The Bertz CT molecular complexity index is 379. The normalized spacial score (nSPS) is 11.5. The SMILES string of the molecule is CCn1ccnc(OCC(C)(C)N)c1=O. The Kier molecular flexibility index (Phi) is 3.47. The molecule has 0 bridgehead atoms. The molecule has 0 saturated heterocycles. The lowest BCUT2D eigenvalue weighted by molar-refractivity contribution is 0.230. The molecule has 0 aromatic carbocycles. The first-order valence-corrected chi connectivity index (χ1v) is 4.91. The van der Waals surface area contributed by atoms with Crippen molar-refractivity contribution >= 4 is 0 Å². The fraction of sp³-hybridized carbons (Fsp3) is 0.600. The van der Waals surface area contributed by atoms with Gasteiger partial charge in [0.25, 0.3) is 5.88 Å². The molecule has 0 aliphatic rings. The second-order valence-electron chi connectivity index (χ2n) is 4.10. The smallest absolute Gasteiger partial charge is 0.313 e. The van der Waals surface area contributed by atoms with Crippen molar-refractivity contribution in [1.29, 1.82) is 0 Å². The second kappa shape index (κ2) is 4.44. The maximum absolute atomic E-state index is 11.7. The fourth-order valence-corrected chi connectivity index (χ4v) is 1.03. The molecule has 0 atom stereocenters. The Hall–Kier alpha value is -1.36. The predicted octanol–water partition coefficient (Wildman–Crippen LogP) is 0.379. The highest BCUT2D eigenvalue weighted by molar-refractivity contribution is 5.04. The highest BCUT2D eigenvalue weighted by atomic mass is 16.5. The van der Waals surface area contributed by atoms with E-state index in [4.69, 9.17) is 10.5 Å². The molecule has 0 fully saturated rings. The van der Waals surface area contributed by atoms with Crippen LogP contribution in [0.5, 0.6) is 5.88 Å². The summed E-state index contributed by atoms with van der Waals surface area (Å²) in [5.41, 5.74) is 5.05. The van der Waals surface area contributed by atoms with E-state index >= 15 is 0 Å². The van der Waals surface area contributed by atoms with E-state index in [1.54, 1.807) is 12.4 Å². The molecule has 2 N–H and O–H groups in total. The van der Waals surface area contributed by atoms with Crippen molar-refractivity contribution in [2.45, 2.75) is 32.9 Å². The molecule has 0 saturated carbocycles. The third-order valence-corrected chi connectivity index (χ3v) is 1.80. The molecular weight excluding hydrogens is 194 g/mol. The molecule has 0 aliphatic heterocycles. The van der Waals surface area contributed by atoms with E-state index in [2.05, 4.69) is 4.98 Å². The summed E-state index contributed by atoms with van der Waals surface area (Å²) in [6.45, 7) is 6.41. The van der Waals surface area contributed by atoms with Crippen molar-refractivity contribution in [3.05, 3.63) is 22.7 Å². The number of hydrogen-bond acceptors (Lipinski definition) is 4. The van der Waals surface area contributed by atoms with Crippen molar-refractivity contribution in [2.75, 3.05) is 6.61 Å². The van der Waals surface area contributed by atoms with Crippen LogP contribution >= 0.6 is 0 Å². The van der Waals surface area contributed by atoms with Crippen LogP contribution in [0, 0.1) is 0 Å². The van der Waals surface area contributed by atoms with Crippen LogP contribution in [0.25, 0.3) is 0 Å². The Balaban J connectivity index is 2.83. The van der Waals surface area contributed by atoms with Gasteiger partial charge in [-0.3, -0.25) is 4.79 Å². The number of ether oxygens (including phenoxy) is 1. The summed E-state index contributed by atoms with van der Waals surface area (Å²) >= 11 is 0. The minimum atomic E-state index is -0.471. The zero-order chi connectivity index (χ0) is 11.5. The number of nitrogens with zero attached hydrogens (tertiary/aromatic N) is 2. The van der Waals surface area contributed by atoms with Gasteiger partial charge in [0.2, 0.25) is 0 Å². The van der Waals surface area contributed by atoms with E-state index < -0.39 is 5.54 Å². The Morgan fingerprint density at radius 2 is 2.27 bits per heavy atom. The average Bonchev–Trinajstić information content (AvgIpc) is 2.15. The Morgan fingerprint density at radius 3 is 2.80 bits per heavy atom. The molecule has 1 aromatic rings. The molecule has 0 amide bonds. The molecule has 0 aliphatic carbocycles. The summed E-state index contributed by atoms with van der Waals surface area (Å²) in [5, 5.41) is 0. The van der Waals surface area contributed by atoms with Gasteiger partial charge in [-0.2, -0.15) is 0 Å².